The van der Waals surface area contributed by atoms with Gasteiger partial charge in [-0.15, -0.1) is 0 Å². The van der Waals surface area contributed by atoms with E-state index in [-0.39, 0.29) is 5.82 Å². The summed E-state index contributed by atoms with van der Waals surface area (Å²) in [5.74, 6) is -0.154. The molecule has 4 heteroatoms. The van der Waals surface area contributed by atoms with E-state index in [9.17, 15) is 4.39 Å². The fourth-order valence-electron chi connectivity index (χ4n) is 0.568. The molecule has 0 heterocycles. The average Bonchev–Trinajstić information content (AvgIpc) is 1.94. The minimum atomic E-state index is -0.154. The number of benzene rings is 1. The second kappa shape index (κ2) is 4.08. The van der Waals surface area contributed by atoms with Crippen LogP contribution in [-0.4, -0.2) is 0 Å². The number of hydrogen-bond acceptors (Lipinski definition) is 1. The second-order valence-corrected chi connectivity index (χ2v) is 5.16. The maximum atomic E-state index is 12.7. The summed E-state index contributed by atoms with van der Waals surface area (Å²) in [7, 11) is 4.17. The van der Waals surface area contributed by atoms with E-state index in [2.05, 4.69) is 8.53 Å². The lowest BCUT2D eigenvalue weighted by Gasteiger charge is -1.94. The third-order valence-electron chi connectivity index (χ3n) is 0.981. The molecular formula is C6H5FP2S. The van der Waals surface area contributed by atoms with Crippen LogP contribution in [0.5, 0.6) is 0 Å². The average molecular weight is 190 g/mol. The Balaban J connectivity index is 2.91. The summed E-state index contributed by atoms with van der Waals surface area (Å²) < 4.78 is 12.7. The molecule has 0 nitrogen and oxygen atoms in total. The van der Waals surface area contributed by atoms with E-state index in [1.807, 2.05) is 6.07 Å². The largest absolute Gasteiger partial charge is 0.206 e. The van der Waals surface area contributed by atoms with Crippen LogP contribution >= 0.6 is 27.0 Å². The van der Waals surface area contributed by atoms with E-state index in [1.54, 1.807) is 12.1 Å². The van der Waals surface area contributed by atoms with Crippen molar-refractivity contribution in [3.8, 4) is 0 Å². The maximum Gasteiger partial charge on any atom is 0.137 e. The van der Waals surface area contributed by atoms with Crippen molar-refractivity contribution < 1.29 is 4.39 Å². The lowest BCUT2D eigenvalue weighted by molar-refractivity contribution is 0.602. The number of halogens is 1. The van der Waals surface area contributed by atoms with Gasteiger partial charge in [-0.3, -0.25) is 0 Å². The Morgan fingerprint density at radius 1 is 1.40 bits per heavy atom. The minimum absolute atomic E-state index is 0.154. The molecule has 0 saturated heterocycles. The smallest absolute Gasteiger partial charge is 0.137 e. The Hall–Kier alpha value is 0.1000. The zero-order valence-electron chi connectivity index (χ0n) is 5.04. The van der Waals surface area contributed by atoms with Crippen molar-refractivity contribution in [2.24, 2.45) is 0 Å². The highest BCUT2D eigenvalue weighted by molar-refractivity contribution is 8.54. The van der Waals surface area contributed by atoms with Crippen LogP contribution in [0.25, 0.3) is 0 Å². The second-order valence-electron chi connectivity index (χ2n) is 1.61. The fraction of sp³-hybridized carbons (Fsp3) is 0. The Morgan fingerprint density at radius 3 is 2.70 bits per heavy atom. The van der Waals surface area contributed by atoms with Crippen molar-refractivity contribution in [3.05, 3.63) is 30.1 Å². The first-order chi connectivity index (χ1) is 4.84. The summed E-state index contributed by atoms with van der Waals surface area (Å²) in [4.78, 5) is 0.680. The Kier molecular flexibility index (Phi) is 3.34. The van der Waals surface area contributed by atoms with Gasteiger partial charge in [0.2, 0.25) is 0 Å². The molecule has 0 bridgehead atoms. The summed E-state index contributed by atoms with van der Waals surface area (Å²) in [6, 6.07) is 6.72. The SMILES string of the molecule is Fc1ccccc1SP=P. The lowest BCUT2D eigenvalue weighted by atomic mass is 10.4. The first-order valence-corrected chi connectivity index (χ1v) is 6.28. The van der Waals surface area contributed by atoms with E-state index in [0.29, 0.717) is 4.90 Å². The molecule has 0 spiro atoms. The minimum Gasteiger partial charge on any atom is -0.206 e. The van der Waals surface area contributed by atoms with Crippen molar-refractivity contribution >= 4 is 27.0 Å². The molecule has 0 aromatic heterocycles. The molecule has 0 saturated carbocycles. The molecule has 0 aliphatic carbocycles. The van der Waals surface area contributed by atoms with E-state index in [0.717, 1.165) is 7.07 Å². The first kappa shape index (κ1) is 8.20. The monoisotopic (exact) mass is 190 g/mol. The summed E-state index contributed by atoms with van der Waals surface area (Å²) in [6.07, 6.45) is 0. The van der Waals surface area contributed by atoms with Crippen LogP contribution in [0, 0.1) is 5.82 Å². The van der Waals surface area contributed by atoms with Crippen LogP contribution in [0.3, 0.4) is 0 Å². The summed E-state index contributed by atoms with van der Waals surface area (Å²) >= 11 is 1.41. The van der Waals surface area contributed by atoms with Crippen molar-refractivity contribution in [2.75, 3.05) is 0 Å². The van der Waals surface area contributed by atoms with Gasteiger partial charge in [0.25, 0.3) is 0 Å². The van der Waals surface area contributed by atoms with Crippen LogP contribution < -0.4 is 0 Å². The van der Waals surface area contributed by atoms with Crippen LogP contribution in [0.2, 0.25) is 0 Å². The summed E-state index contributed by atoms with van der Waals surface area (Å²) in [5, 5.41) is 0. The van der Waals surface area contributed by atoms with Crippen molar-refractivity contribution in [3.63, 3.8) is 0 Å². The topological polar surface area (TPSA) is 0 Å². The molecule has 0 amide bonds. The third-order valence-corrected chi connectivity index (χ3v) is 3.29. The van der Waals surface area contributed by atoms with Crippen molar-refractivity contribution in [1.29, 1.82) is 0 Å². The maximum absolute atomic E-state index is 12.7. The van der Waals surface area contributed by atoms with Crippen molar-refractivity contribution in [1.82, 2.24) is 0 Å². The van der Waals surface area contributed by atoms with Gasteiger partial charge < -0.3 is 0 Å². The van der Waals surface area contributed by atoms with Crippen LogP contribution in [-0.2, 0) is 0 Å². The normalized spacial score (nSPS) is 10.1. The van der Waals surface area contributed by atoms with E-state index in [4.69, 9.17) is 0 Å². The lowest BCUT2D eigenvalue weighted by Crippen LogP contribution is -1.73. The van der Waals surface area contributed by atoms with Gasteiger partial charge in [-0.25, -0.2) is 4.39 Å². The Morgan fingerprint density at radius 2 is 2.10 bits per heavy atom. The molecule has 0 aliphatic rings. The zero-order valence-corrected chi connectivity index (χ0v) is 7.75. The highest BCUT2D eigenvalue weighted by Gasteiger charge is 1.96. The van der Waals surface area contributed by atoms with Gasteiger partial charge in [0.15, 0.2) is 0 Å². The number of hydrogen-bond donors (Lipinski definition) is 0. The van der Waals surface area contributed by atoms with Gasteiger partial charge in [-0.2, -0.15) is 0 Å². The molecule has 0 fully saturated rings. The molecule has 0 atom stereocenters. The Labute approximate surface area is 66.8 Å². The van der Waals surface area contributed by atoms with Crippen LogP contribution in [0.4, 0.5) is 4.39 Å². The molecule has 52 valence electrons. The third kappa shape index (κ3) is 2.05. The summed E-state index contributed by atoms with van der Waals surface area (Å²) in [5.41, 5.74) is 0. The molecular weight excluding hydrogens is 185 g/mol. The predicted molar refractivity (Wildman–Crippen MR) is 47.5 cm³/mol. The molecule has 0 unspecified atom stereocenters. The molecule has 0 N–H and O–H groups in total. The quantitative estimate of drug-likeness (QED) is 0.638. The first-order valence-electron chi connectivity index (χ1n) is 2.63. The predicted octanol–water partition coefficient (Wildman–Crippen LogP) is 3.84. The van der Waals surface area contributed by atoms with Gasteiger partial charge in [-0.1, -0.05) is 32.0 Å². The van der Waals surface area contributed by atoms with Crippen LogP contribution in [0.1, 0.15) is 0 Å². The highest BCUT2D eigenvalue weighted by atomic mass is 32.8. The molecule has 0 aliphatic heterocycles. The molecule has 1 aromatic rings. The van der Waals surface area contributed by atoms with Gasteiger partial charge in [0.1, 0.15) is 5.82 Å². The van der Waals surface area contributed by atoms with Gasteiger partial charge in [0, 0.05) is 0 Å². The molecule has 0 radical (unpaired) electrons. The molecule has 10 heavy (non-hydrogen) atoms. The van der Waals surface area contributed by atoms with Crippen LogP contribution in [0.15, 0.2) is 29.2 Å². The summed E-state index contributed by atoms with van der Waals surface area (Å²) in [6.45, 7) is 0. The van der Waals surface area contributed by atoms with E-state index < -0.39 is 0 Å². The molecule has 1 rings (SSSR count). The van der Waals surface area contributed by atoms with Gasteiger partial charge >= 0.3 is 0 Å². The molecule has 1 aromatic carbocycles. The van der Waals surface area contributed by atoms with E-state index in [1.165, 1.54) is 17.4 Å². The fourth-order valence-corrected chi connectivity index (χ4v) is 2.59. The number of rotatable bonds is 2. The Bertz CT molecular complexity index is 239. The van der Waals surface area contributed by atoms with Gasteiger partial charge in [-0.05, 0) is 19.2 Å². The highest BCUT2D eigenvalue weighted by Crippen LogP contribution is 2.33. The standard InChI is InChI=1S/C6H5FP2S/c7-5-3-1-2-4-6(5)10-9-8/h1-4,8H. The van der Waals surface area contributed by atoms with Crippen molar-refractivity contribution in [2.45, 2.75) is 4.90 Å². The zero-order chi connectivity index (χ0) is 7.40. The van der Waals surface area contributed by atoms with Gasteiger partial charge in [0.05, 0.1) is 4.90 Å². The van der Waals surface area contributed by atoms with E-state index >= 15 is 0 Å².